The SMILES string of the molecule is CN(Cc1cccs1)Cc1occc1CN. The van der Waals surface area contributed by atoms with E-state index in [1.165, 1.54) is 4.88 Å². The first-order chi connectivity index (χ1) is 7.79. The van der Waals surface area contributed by atoms with Crippen LogP contribution in [0, 0.1) is 0 Å². The smallest absolute Gasteiger partial charge is 0.122 e. The van der Waals surface area contributed by atoms with Crippen molar-refractivity contribution in [1.29, 1.82) is 0 Å². The van der Waals surface area contributed by atoms with E-state index >= 15 is 0 Å². The minimum absolute atomic E-state index is 0.540. The van der Waals surface area contributed by atoms with Crippen LogP contribution in [0.15, 0.2) is 34.3 Å². The van der Waals surface area contributed by atoms with Gasteiger partial charge in [-0.05, 0) is 24.6 Å². The number of rotatable bonds is 5. The molecule has 0 fully saturated rings. The average Bonchev–Trinajstić information content (AvgIpc) is 2.88. The predicted octanol–water partition coefficient (Wildman–Crippen LogP) is 2.43. The highest BCUT2D eigenvalue weighted by Gasteiger charge is 2.08. The van der Waals surface area contributed by atoms with Crippen molar-refractivity contribution in [3.63, 3.8) is 0 Å². The second-order valence-electron chi connectivity index (χ2n) is 3.82. The number of thiophene rings is 1. The molecule has 0 aliphatic carbocycles. The molecule has 0 amide bonds. The minimum atomic E-state index is 0.540. The van der Waals surface area contributed by atoms with Crippen molar-refractivity contribution < 1.29 is 4.42 Å². The van der Waals surface area contributed by atoms with Gasteiger partial charge in [-0.1, -0.05) is 6.07 Å². The molecule has 16 heavy (non-hydrogen) atoms. The third-order valence-electron chi connectivity index (χ3n) is 2.48. The molecule has 0 unspecified atom stereocenters. The second kappa shape index (κ2) is 5.30. The van der Waals surface area contributed by atoms with Crippen LogP contribution in [0.25, 0.3) is 0 Å². The van der Waals surface area contributed by atoms with Gasteiger partial charge in [0.25, 0.3) is 0 Å². The van der Waals surface area contributed by atoms with Crippen LogP contribution in [0.2, 0.25) is 0 Å². The number of hydrogen-bond acceptors (Lipinski definition) is 4. The summed E-state index contributed by atoms with van der Waals surface area (Å²) in [7, 11) is 2.09. The number of furan rings is 1. The fourth-order valence-electron chi connectivity index (χ4n) is 1.66. The number of nitrogens with zero attached hydrogens (tertiary/aromatic N) is 1. The van der Waals surface area contributed by atoms with E-state index in [0.717, 1.165) is 24.4 Å². The molecule has 3 nitrogen and oxygen atoms in total. The minimum Gasteiger partial charge on any atom is -0.468 e. The van der Waals surface area contributed by atoms with E-state index in [9.17, 15) is 0 Å². The molecule has 86 valence electrons. The van der Waals surface area contributed by atoms with Gasteiger partial charge in [-0.15, -0.1) is 11.3 Å². The third kappa shape index (κ3) is 2.72. The number of nitrogens with two attached hydrogens (primary N) is 1. The lowest BCUT2D eigenvalue weighted by molar-refractivity contribution is 0.288. The van der Waals surface area contributed by atoms with Crippen molar-refractivity contribution in [2.75, 3.05) is 7.05 Å². The van der Waals surface area contributed by atoms with Crippen molar-refractivity contribution in [1.82, 2.24) is 4.90 Å². The molecule has 0 radical (unpaired) electrons. The summed E-state index contributed by atoms with van der Waals surface area (Å²) in [5.74, 6) is 0.974. The van der Waals surface area contributed by atoms with Gasteiger partial charge in [0.1, 0.15) is 5.76 Å². The highest BCUT2D eigenvalue weighted by molar-refractivity contribution is 7.09. The van der Waals surface area contributed by atoms with Crippen LogP contribution < -0.4 is 5.73 Å². The molecule has 4 heteroatoms. The highest BCUT2D eigenvalue weighted by atomic mass is 32.1. The fourth-order valence-corrected chi connectivity index (χ4v) is 2.44. The Kier molecular flexibility index (Phi) is 3.77. The Hall–Kier alpha value is -1.10. The van der Waals surface area contributed by atoms with Gasteiger partial charge in [-0.2, -0.15) is 0 Å². The van der Waals surface area contributed by atoms with Crippen LogP contribution in [-0.2, 0) is 19.6 Å². The van der Waals surface area contributed by atoms with Crippen molar-refractivity contribution in [2.45, 2.75) is 19.6 Å². The second-order valence-corrected chi connectivity index (χ2v) is 4.86. The van der Waals surface area contributed by atoms with Gasteiger partial charge >= 0.3 is 0 Å². The lowest BCUT2D eigenvalue weighted by atomic mass is 10.2. The van der Waals surface area contributed by atoms with Crippen LogP contribution in [0.3, 0.4) is 0 Å². The van der Waals surface area contributed by atoms with E-state index in [0.29, 0.717) is 6.54 Å². The molecular formula is C12H16N2OS. The Morgan fingerprint density at radius 3 is 2.94 bits per heavy atom. The summed E-state index contributed by atoms with van der Waals surface area (Å²) in [5.41, 5.74) is 6.73. The maximum atomic E-state index is 5.63. The average molecular weight is 236 g/mol. The summed E-state index contributed by atoms with van der Waals surface area (Å²) >= 11 is 1.78. The Labute approximate surface area is 99.5 Å². The van der Waals surface area contributed by atoms with E-state index in [-0.39, 0.29) is 0 Å². The largest absolute Gasteiger partial charge is 0.468 e. The van der Waals surface area contributed by atoms with Crippen LogP contribution >= 0.6 is 11.3 Å². The summed E-state index contributed by atoms with van der Waals surface area (Å²) < 4.78 is 5.43. The van der Waals surface area contributed by atoms with Gasteiger partial charge in [0.2, 0.25) is 0 Å². The zero-order valence-electron chi connectivity index (χ0n) is 9.35. The molecule has 2 rings (SSSR count). The van der Waals surface area contributed by atoms with E-state index in [1.807, 2.05) is 6.07 Å². The lowest BCUT2D eigenvalue weighted by Gasteiger charge is -2.14. The van der Waals surface area contributed by atoms with E-state index in [2.05, 4.69) is 29.5 Å². The highest BCUT2D eigenvalue weighted by Crippen LogP contribution is 2.15. The maximum absolute atomic E-state index is 5.63. The molecule has 0 bridgehead atoms. The molecule has 0 aromatic carbocycles. The van der Waals surface area contributed by atoms with Gasteiger partial charge in [-0.3, -0.25) is 4.90 Å². The molecule has 0 saturated carbocycles. The normalized spacial score (nSPS) is 11.2. The molecule has 2 aromatic heterocycles. The molecule has 0 aliphatic heterocycles. The van der Waals surface area contributed by atoms with Gasteiger partial charge in [0.15, 0.2) is 0 Å². The van der Waals surface area contributed by atoms with Crippen molar-refractivity contribution >= 4 is 11.3 Å². The predicted molar refractivity (Wildman–Crippen MR) is 66.1 cm³/mol. The summed E-state index contributed by atoms with van der Waals surface area (Å²) in [6.07, 6.45) is 1.70. The van der Waals surface area contributed by atoms with Crippen LogP contribution in [0.4, 0.5) is 0 Å². The molecular weight excluding hydrogens is 220 g/mol. The number of hydrogen-bond donors (Lipinski definition) is 1. The first kappa shape index (κ1) is 11.4. The van der Waals surface area contributed by atoms with Crippen molar-refractivity contribution in [3.05, 3.63) is 46.0 Å². The summed E-state index contributed by atoms with van der Waals surface area (Å²) in [6.45, 7) is 2.29. The zero-order valence-corrected chi connectivity index (χ0v) is 10.2. The zero-order chi connectivity index (χ0) is 11.4. The quantitative estimate of drug-likeness (QED) is 0.867. The first-order valence-electron chi connectivity index (χ1n) is 5.26. The molecule has 0 saturated heterocycles. The van der Waals surface area contributed by atoms with Gasteiger partial charge in [-0.25, -0.2) is 0 Å². The van der Waals surface area contributed by atoms with Crippen LogP contribution in [-0.4, -0.2) is 11.9 Å². The fraction of sp³-hybridized carbons (Fsp3) is 0.333. The van der Waals surface area contributed by atoms with Crippen LogP contribution in [0.1, 0.15) is 16.2 Å². The molecule has 2 N–H and O–H groups in total. The summed E-state index contributed by atoms with van der Waals surface area (Å²) in [5, 5.41) is 2.10. The van der Waals surface area contributed by atoms with Gasteiger partial charge < -0.3 is 10.2 Å². The van der Waals surface area contributed by atoms with E-state index in [4.69, 9.17) is 10.2 Å². The summed E-state index contributed by atoms with van der Waals surface area (Å²) in [6, 6.07) is 6.16. The van der Waals surface area contributed by atoms with Gasteiger partial charge in [0.05, 0.1) is 12.8 Å². The van der Waals surface area contributed by atoms with Crippen molar-refractivity contribution in [2.24, 2.45) is 5.73 Å². The summed E-state index contributed by atoms with van der Waals surface area (Å²) in [4.78, 5) is 3.59. The first-order valence-corrected chi connectivity index (χ1v) is 6.14. The van der Waals surface area contributed by atoms with Crippen molar-refractivity contribution in [3.8, 4) is 0 Å². The van der Waals surface area contributed by atoms with E-state index < -0.39 is 0 Å². The lowest BCUT2D eigenvalue weighted by Crippen LogP contribution is -2.17. The third-order valence-corrected chi connectivity index (χ3v) is 3.34. The maximum Gasteiger partial charge on any atom is 0.122 e. The monoisotopic (exact) mass is 236 g/mol. The van der Waals surface area contributed by atoms with E-state index in [1.54, 1.807) is 17.6 Å². The molecule has 0 aliphatic rings. The topological polar surface area (TPSA) is 42.4 Å². The Morgan fingerprint density at radius 1 is 1.38 bits per heavy atom. The molecule has 0 spiro atoms. The molecule has 2 aromatic rings. The van der Waals surface area contributed by atoms with Crippen LogP contribution in [0.5, 0.6) is 0 Å². The Balaban J connectivity index is 1.94. The Morgan fingerprint density at radius 2 is 2.25 bits per heavy atom. The molecule has 0 atom stereocenters. The standard InChI is InChI=1S/C12H16N2OS/c1-14(8-11-3-2-6-16-11)9-12-10(7-13)4-5-15-12/h2-6H,7-9,13H2,1H3. The Bertz CT molecular complexity index is 422. The van der Waals surface area contributed by atoms with Gasteiger partial charge in [0, 0.05) is 23.5 Å². The molecule has 2 heterocycles.